The van der Waals surface area contributed by atoms with Crippen molar-refractivity contribution < 1.29 is 9.21 Å². The molecule has 0 saturated carbocycles. The third-order valence-corrected chi connectivity index (χ3v) is 2.54. The Kier molecular flexibility index (Phi) is 4.49. The number of thiocarbonyl (C=S) groups is 1. The summed E-state index contributed by atoms with van der Waals surface area (Å²) in [7, 11) is 1.73. The van der Waals surface area contributed by atoms with Crippen molar-refractivity contribution >= 4 is 23.1 Å². The summed E-state index contributed by atoms with van der Waals surface area (Å²) in [5, 5.41) is 0. The summed E-state index contributed by atoms with van der Waals surface area (Å²) in [6, 6.07) is 1.69. The molecule has 0 aliphatic rings. The molecule has 2 N–H and O–H groups in total. The minimum absolute atomic E-state index is 0.0538. The van der Waals surface area contributed by atoms with Crippen LogP contribution in [0.4, 0.5) is 0 Å². The van der Waals surface area contributed by atoms with E-state index >= 15 is 0 Å². The van der Waals surface area contributed by atoms with E-state index in [0.717, 1.165) is 0 Å². The number of rotatable bonds is 5. The molecule has 4 nitrogen and oxygen atoms in total. The highest BCUT2D eigenvalue weighted by atomic mass is 32.1. The van der Waals surface area contributed by atoms with Crippen LogP contribution in [0.15, 0.2) is 16.7 Å². The molecule has 0 radical (unpaired) electrons. The second kappa shape index (κ2) is 5.65. The van der Waals surface area contributed by atoms with Gasteiger partial charge >= 0.3 is 0 Å². The quantitative estimate of drug-likeness (QED) is 0.794. The van der Waals surface area contributed by atoms with Gasteiger partial charge in [-0.2, -0.15) is 0 Å². The molecule has 16 heavy (non-hydrogen) atoms. The maximum Gasteiger partial charge on any atom is 0.257 e. The first-order chi connectivity index (χ1) is 7.56. The SMILES string of the molecule is CCc1occc1C(=O)N(C)CCC(N)=S. The lowest BCUT2D eigenvalue weighted by Gasteiger charge is -2.16. The van der Waals surface area contributed by atoms with Gasteiger partial charge in [-0.1, -0.05) is 19.1 Å². The summed E-state index contributed by atoms with van der Waals surface area (Å²) in [6.07, 6.45) is 2.78. The summed E-state index contributed by atoms with van der Waals surface area (Å²) in [5.41, 5.74) is 6.01. The molecule has 0 unspecified atom stereocenters. The summed E-state index contributed by atoms with van der Waals surface area (Å²) < 4.78 is 5.21. The normalized spacial score (nSPS) is 10.1. The number of amides is 1. The van der Waals surface area contributed by atoms with Crippen LogP contribution in [0.5, 0.6) is 0 Å². The van der Waals surface area contributed by atoms with Gasteiger partial charge in [0.15, 0.2) is 0 Å². The van der Waals surface area contributed by atoms with Gasteiger partial charge in [0.1, 0.15) is 5.76 Å². The summed E-state index contributed by atoms with van der Waals surface area (Å²) >= 11 is 4.77. The van der Waals surface area contributed by atoms with Crippen LogP contribution in [-0.4, -0.2) is 29.4 Å². The molecule has 1 aromatic rings. The first-order valence-corrected chi connectivity index (χ1v) is 5.57. The van der Waals surface area contributed by atoms with Crippen molar-refractivity contribution in [2.45, 2.75) is 19.8 Å². The number of carbonyl (C=O) groups excluding carboxylic acids is 1. The van der Waals surface area contributed by atoms with Crippen molar-refractivity contribution in [1.29, 1.82) is 0 Å². The zero-order chi connectivity index (χ0) is 12.1. The van der Waals surface area contributed by atoms with Crippen LogP contribution in [0.2, 0.25) is 0 Å². The van der Waals surface area contributed by atoms with E-state index in [1.807, 2.05) is 6.92 Å². The number of nitrogens with zero attached hydrogens (tertiary/aromatic N) is 1. The van der Waals surface area contributed by atoms with Crippen molar-refractivity contribution in [1.82, 2.24) is 4.90 Å². The maximum absolute atomic E-state index is 12.0. The number of furan rings is 1. The van der Waals surface area contributed by atoms with Crippen molar-refractivity contribution in [2.24, 2.45) is 5.73 Å². The molecule has 88 valence electrons. The largest absolute Gasteiger partial charge is 0.469 e. The Hall–Kier alpha value is -1.36. The molecule has 5 heteroatoms. The van der Waals surface area contributed by atoms with E-state index in [9.17, 15) is 4.79 Å². The Labute approximate surface area is 100 Å². The van der Waals surface area contributed by atoms with Crippen LogP contribution in [0.1, 0.15) is 29.5 Å². The zero-order valence-electron chi connectivity index (χ0n) is 9.53. The lowest BCUT2D eigenvalue weighted by atomic mass is 10.2. The van der Waals surface area contributed by atoms with Gasteiger partial charge in [-0.3, -0.25) is 4.79 Å². The molecule has 0 atom stereocenters. The van der Waals surface area contributed by atoms with Gasteiger partial charge in [-0.25, -0.2) is 0 Å². The van der Waals surface area contributed by atoms with Gasteiger partial charge in [0.25, 0.3) is 5.91 Å². The van der Waals surface area contributed by atoms with Crippen molar-refractivity contribution in [3.05, 3.63) is 23.7 Å². The van der Waals surface area contributed by atoms with Crippen LogP contribution in [0.3, 0.4) is 0 Å². The fourth-order valence-electron chi connectivity index (χ4n) is 1.39. The molecule has 0 spiro atoms. The first-order valence-electron chi connectivity index (χ1n) is 5.16. The van der Waals surface area contributed by atoms with E-state index in [1.165, 1.54) is 6.26 Å². The minimum atomic E-state index is -0.0538. The van der Waals surface area contributed by atoms with Gasteiger partial charge < -0.3 is 15.1 Å². The lowest BCUT2D eigenvalue weighted by Crippen LogP contribution is -2.30. The molecule has 0 aliphatic heterocycles. The van der Waals surface area contributed by atoms with Gasteiger partial charge in [0.2, 0.25) is 0 Å². The third kappa shape index (κ3) is 3.06. The molecule has 1 aromatic heterocycles. The highest BCUT2D eigenvalue weighted by Crippen LogP contribution is 2.13. The maximum atomic E-state index is 12.0. The topological polar surface area (TPSA) is 59.5 Å². The number of nitrogens with two attached hydrogens (primary N) is 1. The molecular weight excluding hydrogens is 224 g/mol. The third-order valence-electron chi connectivity index (χ3n) is 2.34. The van der Waals surface area contributed by atoms with Crippen molar-refractivity contribution in [3.63, 3.8) is 0 Å². The number of carbonyl (C=O) groups is 1. The molecular formula is C11H16N2O2S. The van der Waals surface area contributed by atoms with E-state index in [1.54, 1.807) is 18.0 Å². The molecule has 0 aromatic carbocycles. The van der Waals surface area contributed by atoms with E-state index in [0.29, 0.717) is 35.7 Å². The Balaban J connectivity index is 2.66. The predicted molar refractivity (Wildman–Crippen MR) is 66.4 cm³/mol. The molecule has 1 rings (SSSR count). The second-order valence-electron chi connectivity index (χ2n) is 3.55. The second-order valence-corrected chi connectivity index (χ2v) is 4.08. The highest BCUT2D eigenvalue weighted by molar-refractivity contribution is 7.80. The fourth-order valence-corrected chi connectivity index (χ4v) is 1.48. The Morgan fingerprint density at radius 1 is 1.62 bits per heavy atom. The van der Waals surface area contributed by atoms with Crippen molar-refractivity contribution in [2.75, 3.05) is 13.6 Å². The molecule has 1 heterocycles. The van der Waals surface area contributed by atoms with E-state index in [-0.39, 0.29) is 5.91 Å². The monoisotopic (exact) mass is 240 g/mol. The lowest BCUT2D eigenvalue weighted by molar-refractivity contribution is 0.0797. The summed E-state index contributed by atoms with van der Waals surface area (Å²) in [4.78, 5) is 14.0. The minimum Gasteiger partial charge on any atom is -0.469 e. The van der Waals surface area contributed by atoms with Gasteiger partial charge in [0.05, 0.1) is 16.8 Å². The Bertz CT molecular complexity index is 387. The van der Waals surface area contributed by atoms with Crippen LogP contribution in [0.25, 0.3) is 0 Å². The van der Waals surface area contributed by atoms with Crippen LogP contribution in [0, 0.1) is 0 Å². The van der Waals surface area contributed by atoms with Crippen LogP contribution in [-0.2, 0) is 6.42 Å². The Morgan fingerprint density at radius 2 is 2.31 bits per heavy atom. The molecule has 0 saturated heterocycles. The van der Waals surface area contributed by atoms with E-state index in [2.05, 4.69) is 0 Å². The van der Waals surface area contributed by atoms with Crippen LogP contribution < -0.4 is 5.73 Å². The summed E-state index contributed by atoms with van der Waals surface area (Å²) in [6.45, 7) is 2.48. The molecule has 0 aliphatic carbocycles. The van der Waals surface area contributed by atoms with E-state index in [4.69, 9.17) is 22.4 Å². The van der Waals surface area contributed by atoms with Gasteiger partial charge in [0, 0.05) is 26.4 Å². The van der Waals surface area contributed by atoms with Crippen LogP contribution >= 0.6 is 12.2 Å². The number of hydrogen-bond acceptors (Lipinski definition) is 3. The first kappa shape index (κ1) is 12.7. The van der Waals surface area contributed by atoms with Crippen molar-refractivity contribution in [3.8, 4) is 0 Å². The fraction of sp³-hybridized carbons (Fsp3) is 0.455. The number of aryl methyl sites for hydroxylation is 1. The smallest absolute Gasteiger partial charge is 0.257 e. The predicted octanol–water partition coefficient (Wildman–Crippen LogP) is 1.59. The standard InChI is InChI=1S/C11H16N2O2S/c1-3-9-8(5-7-15-9)11(14)13(2)6-4-10(12)16/h5,7H,3-4,6H2,1-2H3,(H2,12,16). The number of hydrogen-bond donors (Lipinski definition) is 1. The average Bonchev–Trinajstić information content (AvgIpc) is 2.72. The average molecular weight is 240 g/mol. The van der Waals surface area contributed by atoms with E-state index < -0.39 is 0 Å². The molecule has 0 bridgehead atoms. The summed E-state index contributed by atoms with van der Waals surface area (Å²) in [5.74, 6) is 0.661. The van der Waals surface area contributed by atoms with Gasteiger partial charge in [-0.05, 0) is 6.07 Å². The highest BCUT2D eigenvalue weighted by Gasteiger charge is 2.17. The van der Waals surface area contributed by atoms with Gasteiger partial charge in [-0.15, -0.1) is 0 Å². The Morgan fingerprint density at radius 3 is 2.88 bits per heavy atom. The molecule has 0 fully saturated rings. The molecule has 1 amide bonds. The zero-order valence-corrected chi connectivity index (χ0v) is 10.3.